The predicted molar refractivity (Wildman–Crippen MR) is 93.0 cm³/mol. The van der Waals surface area contributed by atoms with E-state index in [1.165, 1.54) is 6.42 Å². The minimum absolute atomic E-state index is 0.0907. The number of fused-ring (bicyclic) bond motifs is 1. The van der Waals surface area contributed by atoms with E-state index >= 15 is 0 Å². The molecule has 4 rings (SSSR count). The van der Waals surface area contributed by atoms with Crippen LogP contribution in [0.2, 0.25) is 0 Å². The van der Waals surface area contributed by atoms with Gasteiger partial charge in [-0.1, -0.05) is 0 Å². The fourth-order valence-electron chi connectivity index (χ4n) is 4.52. The number of rotatable bonds is 3. The molecule has 0 radical (unpaired) electrons. The smallest absolute Gasteiger partial charge is 0.253 e. The summed E-state index contributed by atoms with van der Waals surface area (Å²) in [4.78, 5) is 17.2. The van der Waals surface area contributed by atoms with Crippen LogP contribution < -0.4 is 9.47 Å². The average molecular weight is 346 g/mol. The van der Waals surface area contributed by atoms with Gasteiger partial charge in [0.1, 0.15) is 0 Å². The summed E-state index contributed by atoms with van der Waals surface area (Å²) in [5.74, 6) is 1.47. The van der Waals surface area contributed by atoms with Crippen LogP contribution >= 0.6 is 0 Å². The number of benzene rings is 1. The van der Waals surface area contributed by atoms with E-state index in [0.29, 0.717) is 28.5 Å². The van der Waals surface area contributed by atoms with Crippen molar-refractivity contribution in [3.05, 3.63) is 23.8 Å². The fraction of sp³-hybridized carbons (Fsp3) is 0.632. The molecule has 1 aromatic rings. The lowest BCUT2D eigenvalue weighted by molar-refractivity contribution is 0.0591. The van der Waals surface area contributed by atoms with Gasteiger partial charge >= 0.3 is 0 Å². The molecule has 2 saturated heterocycles. The number of hydrogen-bond donors (Lipinski definition) is 0. The van der Waals surface area contributed by atoms with Crippen LogP contribution in [0.5, 0.6) is 11.5 Å². The van der Waals surface area contributed by atoms with Gasteiger partial charge < -0.3 is 24.0 Å². The van der Waals surface area contributed by atoms with E-state index in [4.69, 9.17) is 14.2 Å². The van der Waals surface area contributed by atoms with E-state index < -0.39 is 0 Å². The standard InChI is InChI=1S/C19H26N2O4/c1-20-12-19(10-15(20)11-23-2)5-7-21(8-6-19)18(22)14-3-4-16-17(9-14)25-13-24-16/h3-4,9,15H,5-8,10-13H2,1-2H3/t15-/m0/s1. The maximum atomic E-state index is 12.8. The molecule has 0 bridgehead atoms. The van der Waals surface area contributed by atoms with Gasteiger partial charge in [-0.3, -0.25) is 4.79 Å². The summed E-state index contributed by atoms with van der Waals surface area (Å²) in [6.45, 7) is 3.77. The number of likely N-dealkylation sites (N-methyl/N-ethyl adjacent to an activating group) is 1. The van der Waals surface area contributed by atoms with Crippen molar-refractivity contribution in [1.82, 2.24) is 9.80 Å². The molecule has 6 heteroatoms. The van der Waals surface area contributed by atoms with Gasteiger partial charge in [0.25, 0.3) is 5.91 Å². The SMILES string of the molecule is COC[C@@H]1CC2(CCN(C(=O)c3ccc4c(c3)OCO4)CC2)CN1C. The van der Waals surface area contributed by atoms with Crippen molar-refractivity contribution >= 4 is 5.91 Å². The first-order valence-electron chi connectivity index (χ1n) is 8.98. The number of methoxy groups -OCH3 is 1. The Labute approximate surface area is 148 Å². The number of carbonyl (C=O) groups is 1. The lowest BCUT2D eigenvalue weighted by Crippen LogP contribution is -2.44. The van der Waals surface area contributed by atoms with E-state index in [0.717, 1.165) is 39.1 Å². The van der Waals surface area contributed by atoms with Gasteiger partial charge in [-0.25, -0.2) is 0 Å². The average Bonchev–Trinajstić information content (AvgIpc) is 3.20. The highest BCUT2D eigenvalue weighted by molar-refractivity contribution is 5.95. The number of carbonyl (C=O) groups excluding carboxylic acids is 1. The van der Waals surface area contributed by atoms with Gasteiger partial charge in [0.2, 0.25) is 6.79 Å². The molecule has 0 N–H and O–H groups in total. The molecular weight excluding hydrogens is 320 g/mol. The monoisotopic (exact) mass is 346 g/mol. The Hall–Kier alpha value is -1.79. The topological polar surface area (TPSA) is 51.2 Å². The summed E-state index contributed by atoms with van der Waals surface area (Å²) >= 11 is 0. The van der Waals surface area contributed by atoms with E-state index in [1.807, 2.05) is 17.0 Å². The van der Waals surface area contributed by atoms with E-state index in [1.54, 1.807) is 13.2 Å². The van der Waals surface area contributed by atoms with Crippen LogP contribution in [0.4, 0.5) is 0 Å². The van der Waals surface area contributed by atoms with E-state index in [9.17, 15) is 4.79 Å². The molecule has 1 spiro atoms. The van der Waals surface area contributed by atoms with Crippen LogP contribution in [-0.2, 0) is 4.74 Å². The summed E-state index contributed by atoms with van der Waals surface area (Å²) < 4.78 is 16.1. The number of nitrogens with zero attached hydrogens (tertiary/aromatic N) is 2. The Bertz CT molecular complexity index is 655. The Morgan fingerprint density at radius 1 is 1.28 bits per heavy atom. The molecule has 6 nitrogen and oxygen atoms in total. The Balaban J connectivity index is 1.39. The third-order valence-corrected chi connectivity index (χ3v) is 5.97. The quantitative estimate of drug-likeness (QED) is 0.838. The minimum atomic E-state index is 0.0907. The minimum Gasteiger partial charge on any atom is -0.454 e. The molecule has 25 heavy (non-hydrogen) atoms. The van der Waals surface area contributed by atoms with Crippen LogP contribution in [0.25, 0.3) is 0 Å². The number of hydrogen-bond acceptors (Lipinski definition) is 5. The van der Waals surface area contributed by atoms with Gasteiger partial charge in [0, 0.05) is 38.3 Å². The van der Waals surface area contributed by atoms with Gasteiger partial charge in [-0.2, -0.15) is 0 Å². The molecule has 3 heterocycles. The van der Waals surface area contributed by atoms with Crippen molar-refractivity contribution < 1.29 is 19.0 Å². The highest BCUT2D eigenvalue weighted by Crippen LogP contribution is 2.43. The van der Waals surface area contributed by atoms with Crippen LogP contribution in [0.1, 0.15) is 29.6 Å². The van der Waals surface area contributed by atoms with Gasteiger partial charge in [0.05, 0.1) is 6.61 Å². The van der Waals surface area contributed by atoms with Crippen molar-refractivity contribution in [1.29, 1.82) is 0 Å². The summed E-state index contributed by atoms with van der Waals surface area (Å²) in [5.41, 5.74) is 1.02. The van der Waals surface area contributed by atoms with Crippen molar-refractivity contribution in [3.63, 3.8) is 0 Å². The second kappa shape index (κ2) is 6.50. The number of ether oxygens (including phenoxy) is 3. The second-order valence-corrected chi connectivity index (χ2v) is 7.59. The first-order chi connectivity index (χ1) is 12.1. The van der Waals surface area contributed by atoms with Crippen LogP contribution in [-0.4, -0.2) is 68.9 Å². The maximum absolute atomic E-state index is 12.8. The number of amides is 1. The van der Waals surface area contributed by atoms with Crippen molar-refractivity contribution in [2.45, 2.75) is 25.3 Å². The van der Waals surface area contributed by atoms with Crippen LogP contribution in [0.15, 0.2) is 18.2 Å². The van der Waals surface area contributed by atoms with E-state index in [-0.39, 0.29) is 12.7 Å². The second-order valence-electron chi connectivity index (χ2n) is 7.59. The molecule has 0 saturated carbocycles. The van der Waals surface area contributed by atoms with Gasteiger partial charge in [-0.05, 0) is 49.9 Å². The summed E-state index contributed by atoms with van der Waals surface area (Å²) in [6.07, 6.45) is 3.30. The maximum Gasteiger partial charge on any atom is 0.253 e. The molecule has 1 aromatic carbocycles. The summed E-state index contributed by atoms with van der Waals surface area (Å²) in [5, 5.41) is 0. The highest BCUT2D eigenvalue weighted by Gasteiger charge is 2.44. The van der Waals surface area contributed by atoms with Crippen molar-refractivity contribution in [3.8, 4) is 11.5 Å². The molecular formula is C19H26N2O4. The Morgan fingerprint density at radius 2 is 2.04 bits per heavy atom. The van der Waals surface area contributed by atoms with Gasteiger partial charge in [0.15, 0.2) is 11.5 Å². The molecule has 136 valence electrons. The fourth-order valence-corrected chi connectivity index (χ4v) is 4.52. The molecule has 0 unspecified atom stereocenters. The first-order valence-corrected chi connectivity index (χ1v) is 8.98. The molecule has 3 aliphatic heterocycles. The molecule has 0 aromatic heterocycles. The molecule has 2 fully saturated rings. The number of piperidine rings is 1. The molecule has 3 aliphatic rings. The lowest BCUT2D eigenvalue weighted by Gasteiger charge is -2.39. The lowest BCUT2D eigenvalue weighted by atomic mass is 9.76. The third-order valence-electron chi connectivity index (χ3n) is 5.97. The highest BCUT2D eigenvalue weighted by atomic mass is 16.7. The molecule has 0 aliphatic carbocycles. The third kappa shape index (κ3) is 3.09. The number of likely N-dealkylation sites (tertiary alicyclic amines) is 2. The predicted octanol–water partition coefficient (Wildman–Crippen LogP) is 1.99. The normalized spacial score (nSPS) is 24.9. The van der Waals surface area contributed by atoms with E-state index in [2.05, 4.69) is 11.9 Å². The summed E-state index contributed by atoms with van der Waals surface area (Å²) in [7, 11) is 3.95. The largest absolute Gasteiger partial charge is 0.454 e. The zero-order valence-electron chi connectivity index (χ0n) is 15.0. The Kier molecular flexibility index (Phi) is 4.33. The van der Waals surface area contributed by atoms with Crippen LogP contribution in [0, 0.1) is 5.41 Å². The van der Waals surface area contributed by atoms with Crippen molar-refractivity contribution in [2.75, 3.05) is 47.2 Å². The zero-order valence-corrected chi connectivity index (χ0v) is 15.0. The van der Waals surface area contributed by atoms with Crippen LogP contribution in [0.3, 0.4) is 0 Å². The first kappa shape index (κ1) is 16.7. The Morgan fingerprint density at radius 3 is 2.80 bits per heavy atom. The molecule has 1 amide bonds. The molecule has 1 atom stereocenters. The summed E-state index contributed by atoms with van der Waals surface area (Å²) in [6, 6.07) is 5.95. The van der Waals surface area contributed by atoms with Crippen molar-refractivity contribution in [2.24, 2.45) is 5.41 Å². The van der Waals surface area contributed by atoms with Gasteiger partial charge in [-0.15, -0.1) is 0 Å². The zero-order chi connectivity index (χ0) is 17.4.